The molecule has 0 atom stereocenters. The predicted octanol–water partition coefficient (Wildman–Crippen LogP) is 4.31. The maximum absolute atomic E-state index is 12.9. The van der Waals surface area contributed by atoms with Crippen LogP contribution < -0.4 is 10.9 Å². The topological polar surface area (TPSA) is 64.0 Å². The second-order valence-electron chi connectivity index (χ2n) is 6.37. The minimum absolute atomic E-state index is 0.340. The summed E-state index contributed by atoms with van der Waals surface area (Å²) in [5.41, 5.74) is 0.510. The molecule has 26 heavy (non-hydrogen) atoms. The van der Waals surface area contributed by atoms with Crippen LogP contribution in [-0.4, -0.2) is 15.7 Å². The number of halogens is 1. The Morgan fingerprint density at radius 2 is 1.96 bits per heavy atom. The molecule has 0 saturated heterocycles. The molecule has 1 N–H and O–H groups in total. The van der Waals surface area contributed by atoms with Crippen molar-refractivity contribution in [1.29, 1.82) is 0 Å². The molecule has 3 aromatic rings. The Balaban J connectivity index is 1.97. The molecule has 2 heterocycles. The van der Waals surface area contributed by atoms with Gasteiger partial charge in [0.2, 0.25) is 0 Å². The van der Waals surface area contributed by atoms with Crippen LogP contribution in [0.25, 0.3) is 10.6 Å². The first-order valence-corrected chi connectivity index (χ1v) is 9.28. The highest BCUT2D eigenvalue weighted by Gasteiger charge is 2.32. The van der Waals surface area contributed by atoms with E-state index in [2.05, 4.69) is 10.4 Å². The lowest BCUT2D eigenvalue weighted by molar-refractivity contribution is -0.123. The van der Waals surface area contributed by atoms with E-state index in [9.17, 15) is 9.59 Å². The third-order valence-corrected chi connectivity index (χ3v) is 5.48. The fourth-order valence-electron chi connectivity index (χ4n) is 2.48. The minimum Gasteiger partial charge on any atom is -0.324 e. The molecule has 0 unspecified atom stereocenters. The van der Waals surface area contributed by atoms with Gasteiger partial charge >= 0.3 is 0 Å². The molecule has 2 aromatic heterocycles. The molecule has 0 saturated carbocycles. The normalized spacial score (nSPS) is 11.4. The molecule has 0 aliphatic carbocycles. The van der Waals surface area contributed by atoms with Crippen LogP contribution in [0.4, 0.5) is 5.69 Å². The Kier molecular flexibility index (Phi) is 4.98. The Morgan fingerprint density at radius 1 is 1.19 bits per heavy atom. The molecule has 1 aromatic carbocycles. The van der Waals surface area contributed by atoms with Gasteiger partial charge in [0, 0.05) is 16.8 Å². The summed E-state index contributed by atoms with van der Waals surface area (Å²) in [6.45, 7) is 5.15. The zero-order valence-electron chi connectivity index (χ0n) is 14.6. The molecular weight excluding hydrogens is 370 g/mol. The highest BCUT2D eigenvalue weighted by Crippen LogP contribution is 2.26. The summed E-state index contributed by atoms with van der Waals surface area (Å²) in [7, 11) is 0. The predicted molar refractivity (Wildman–Crippen MR) is 106 cm³/mol. The summed E-state index contributed by atoms with van der Waals surface area (Å²) in [6.07, 6.45) is 0. The molecule has 0 spiro atoms. The molecule has 0 fully saturated rings. The number of rotatable bonds is 4. The van der Waals surface area contributed by atoms with E-state index >= 15 is 0 Å². The van der Waals surface area contributed by atoms with Crippen molar-refractivity contribution < 1.29 is 4.79 Å². The number of nitrogens with one attached hydrogen (secondary N) is 1. The minimum atomic E-state index is -1.18. The van der Waals surface area contributed by atoms with E-state index < -0.39 is 5.54 Å². The summed E-state index contributed by atoms with van der Waals surface area (Å²) >= 11 is 7.64. The SMILES string of the molecule is Cc1c(Cl)cccc1NC(=O)C(C)(C)n1nc(-c2cccs2)ccc1=O. The lowest BCUT2D eigenvalue weighted by Crippen LogP contribution is -2.47. The van der Waals surface area contributed by atoms with Crippen LogP contribution in [0.5, 0.6) is 0 Å². The van der Waals surface area contributed by atoms with Crippen molar-refractivity contribution in [2.75, 3.05) is 5.32 Å². The Morgan fingerprint density at radius 3 is 2.65 bits per heavy atom. The van der Waals surface area contributed by atoms with E-state index in [1.165, 1.54) is 22.1 Å². The molecule has 0 aliphatic rings. The van der Waals surface area contributed by atoms with Gasteiger partial charge < -0.3 is 5.32 Å². The lowest BCUT2D eigenvalue weighted by Gasteiger charge is -2.25. The van der Waals surface area contributed by atoms with Gasteiger partial charge in [-0.25, -0.2) is 4.68 Å². The van der Waals surface area contributed by atoms with Crippen LogP contribution in [-0.2, 0) is 10.3 Å². The standard InChI is InChI=1S/C19H18ClN3O2S/c1-12-13(20)6-4-7-14(12)21-18(25)19(2,3)23-17(24)10-9-15(22-23)16-8-5-11-26-16/h4-11H,1-3H3,(H,21,25). The number of anilines is 1. The van der Waals surface area contributed by atoms with Crippen molar-refractivity contribution in [1.82, 2.24) is 9.78 Å². The van der Waals surface area contributed by atoms with Crippen molar-refractivity contribution in [2.45, 2.75) is 26.3 Å². The summed E-state index contributed by atoms with van der Waals surface area (Å²) < 4.78 is 1.22. The van der Waals surface area contributed by atoms with E-state index in [0.29, 0.717) is 16.4 Å². The molecule has 5 nitrogen and oxygen atoms in total. The largest absolute Gasteiger partial charge is 0.324 e. The number of amides is 1. The summed E-state index contributed by atoms with van der Waals surface area (Å²) in [5, 5.41) is 9.77. The van der Waals surface area contributed by atoms with Gasteiger partial charge in [0.15, 0.2) is 0 Å². The Bertz CT molecular complexity index is 1010. The van der Waals surface area contributed by atoms with E-state index in [0.717, 1.165) is 10.4 Å². The van der Waals surface area contributed by atoms with Crippen LogP contribution in [0.2, 0.25) is 5.02 Å². The van der Waals surface area contributed by atoms with Gasteiger partial charge in [-0.05, 0) is 56.0 Å². The fourth-order valence-corrected chi connectivity index (χ4v) is 3.35. The second-order valence-corrected chi connectivity index (χ2v) is 7.73. The quantitative estimate of drug-likeness (QED) is 0.725. The van der Waals surface area contributed by atoms with Crippen molar-refractivity contribution in [3.05, 3.63) is 68.8 Å². The second kappa shape index (κ2) is 7.05. The van der Waals surface area contributed by atoms with E-state index in [-0.39, 0.29) is 11.5 Å². The molecule has 0 radical (unpaired) electrons. The average molecular weight is 388 g/mol. The lowest BCUT2D eigenvalue weighted by atomic mass is 10.0. The zero-order chi connectivity index (χ0) is 18.9. The van der Waals surface area contributed by atoms with Crippen LogP contribution in [0.1, 0.15) is 19.4 Å². The van der Waals surface area contributed by atoms with Crippen LogP contribution >= 0.6 is 22.9 Å². The molecule has 0 aliphatic heterocycles. The number of thiophene rings is 1. The van der Waals surface area contributed by atoms with Gasteiger partial charge in [0.25, 0.3) is 11.5 Å². The Labute approximate surface area is 160 Å². The number of carbonyl (C=O) groups excluding carboxylic acids is 1. The van der Waals surface area contributed by atoms with Gasteiger partial charge in [-0.2, -0.15) is 5.10 Å². The van der Waals surface area contributed by atoms with Gasteiger partial charge in [0.05, 0.1) is 4.88 Å². The Hall–Kier alpha value is -2.44. The van der Waals surface area contributed by atoms with Gasteiger partial charge in [-0.3, -0.25) is 9.59 Å². The molecule has 134 valence electrons. The first kappa shape index (κ1) is 18.4. The third kappa shape index (κ3) is 3.43. The van der Waals surface area contributed by atoms with Crippen LogP contribution in [0.3, 0.4) is 0 Å². The average Bonchev–Trinajstić information content (AvgIpc) is 3.13. The molecule has 1 amide bonds. The third-order valence-electron chi connectivity index (χ3n) is 4.17. The van der Waals surface area contributed by atoms with Crippen molar-refractivity contribution in [2.24, 2.45) is 0 Å². The van der Waals surface area contributed by atoms with E-state index in [1.54, 1.807) is 38.1 Å². The van der Waals surface area contributed by atoms with Crippen LogP contribution in [0.15, 0.2) is 52.6 Å². The smallest absolute Gasteiger partial charge is 0.267 e. The molecule has 3 rings (SSSR count). The van der Waals surface area contributed by atoms with Gasteiger partial charge in [0.1, 0.15) is 11.2 Å². The first-order chi connectivity index (χ1) is 12.3. The number of carbonyl (C=O) groups is 1. The maximum atomic E-state index is 12.9. The maximum Gasteiger partial charge on any atom is 0.267 e. The number of hydrogen-bond donors (Lipinski definition) is 1. The van der Waals surface area contributed by atoms with Crippen molar-refractivity contribution in [3.63, 3.8) is 0 Å². The first-order valence-electron chi connectivity index (χ1n) is 8.02. The molecular formula is C19H18ClN3O2S. The summed E-state index contributed by atoms with van der Waals surface area (Å²) in [5.74, 6) is -0.346. The van der Waals surface area contributed by atoms with Gasteiger partial charge in [-0.1, -0.05) is 23.7 Å². The highest BCUT2D eigenvalue weighted by atomic mass is 35.5. The molecule has 0 bridgehead atoms. The fraction of sp³-hybridized carbons (Fsp3) is 0.211. The van der Waals surface area contributed by atoms with Crippen molar-refractivity contribution >= 4 is 34.5 Å². The van der Waals surface area contributed by atoms with Crippen molar-refractivity contribution in [3.8, 4) is 10.6 Å². The number of hydrogen-bond acceptors (Lipinski definition) is 4. The van der Waals surface area contributed by atoms with Gasteiger partial charge in [-0.15, -0.1) is 11.3 Å². The number of benzene rings is 1. The van der Waals surface area contributed by atoms with E-state index in [1.807, 2.05) is 24.4 Å². The zero-order valence-corrected chi connectivity index (χ0v) is 16.2. The highest BCUT2D eigenvalue weighted by molar-refractivity contribution is 7.13. The summed E-state index contributed by atoms with van der Waals surface area (Å²) in [6, 6.07) is 12.2. The number of nitrogens with zero attached hydrogens (tertiary/aromatic N) is 2. The summed E-state index contributed by atoms with van der Waals surface area (Å²) in [4.78, 5) is 26.2. The molecule has 7 heteroatoms. The van der Waals surface area contributed by atoms with Crippen LogP contribution in [0, 0.1) is 6.92 Å². The monoisotopic (exact) mass is 387 g/mol. The van der Waals surface area contributed by atoms with E-state index in [4.69, 9.17) is 11.6 Å². The number of aromatic nitrogens is 2.